The predicted octanol–water partition coefficient (Wildman–Crippen LogP) is 0.893. The third kappa shape index (κ3) is 2.27. The van der Waals surface area contributed by atoms with Crippen LogP contribution in [0.1, 0.15) is 30.7 Å². The van der Waals surface area contributed by atoms with Gasteiger partial charge in [0.2, 0.25) is 11.8 Å². The van der Waals surface area contributed by atoms with Crippen LogP contribution >= 0.6 is 0 Å². The van der Waals surface area contributed by atoms with Crippen LogP contribution < -0.4 is 10.6 Å². The number of carbonyl (C=O) groups is 2. The van der Waals surface area contributed by atoms with E-state index in [2.05, 4.69) is 10.6 Å². The van der Waals surface area contributed by atoms with E-state index in [1.807, 2.05) is 0 Å². The van der Waals surface area contributed by atoms with Crippen molar-refractivity contribution in [3.05, 3.63) is 29.6 Å². The fraction of sp³-hybridized carbons (Fsp3) is 0.429. The lowest BCUT2D eigenvalue weighted by Crippen LogP contribution is -2.40. The van der Waals surface area contributed by atoms with Crippen LogP contribution in [0.2, 0.25) is 0 Å². The molecule has 0 aromatic heterocycles. The van der Waals surface area contributed by atoms with Crippen molar-refractivity contribution in [3.63, 3.8) is 0 Å². The SMILES string of the molecule is O=C(CC1C(=O)Nc2ccc(F)cc21)NC1(CO)CC1. The number of carbonyl (C=O) groups excluding carboxylic acids is 2. The summed E-state index contributed by atoms with van der Waals surface area (Å²) in [5.41, 5.74) is 0.563. The summed E-state index contributed by atoms with van der Waals surface area (Å²) >= 11 is 0. The summed E-state index contributed by atoms with van der Waals surface area (Å²) in [6.45, 7) is -0.0964. The smallest absolute Gasteiger partial charge is 0.232 e. The summed E-state index contributed by atoms with van der Waals surface area (Å²) in [7, 11) is 0. The van der Waals surface area contributed by atoms with Crippen LogP contribution in [0, 0.1) is 5.82 Å². The van der Waals surface area contributed by atoms with Crippen molar-refractivity contribution in [2.24, 2.45) is 0 Å². The molecule has 1 aromatic carbocycles. The van der Waals surface area contributed by atoms with Crippen molar-refractivity contribution in [1.82, 2.24) is 5.32 Å². The molecule has 1 saturated carbocycles. The van der Waals surface area contributed by atoms with Gasteiger partial charge >= 0.3 is 0 Å². The Morgan fingerprint density at radius 2 is 2.25 bits per heavy atom. The van der Waals surface area contributed by atoms with Crippen molar-refractivity contribution in [3.8, 4) is 0 Å². The lowest BCUT2D eigenvalue weighted by molar-refractivity contribution is -0.126. The summed E-state index contributed by atoms with van der Waals surface area (Å²) in [5, 5.41) is 14.6. The summed E-state index contributed by atoms with van der Waals surface area (Å²) in [5.74, 6) is -1.70. The lowest BCUT2D eigenvalue weighted by Gasteiger charge is -2.16. The number of halogens is 1. The average Bonchev–Trinajstić information content (AvgIpc) is 3.12. The van der Waals surface area contributed by atoms with Gasteiger partial charge in [-0.2, -0.15) is 0 Å². The molecule has 0 radical (unpaired) electrons. The van der Waals surface area contributed by atoms with Gasteiger partial charge < -0.3 is 15.7 Å². The molecule has 6 heteroatoms. The fourth-order valence-electron chi connectivity index (χ4n) is 2.51. The van der Waals surface area contributed by atoms with Gasteiger partial charge in [-0.1, -0.05) is 0 Å². The quantitative estimate of drug-likeness (QED) is 0.765. The summed E-state index contributed by atoms with van der Waals surface area (Å²) in [6, 6.07) is 4.05. The third-order valence-electron chi connectivity index (χ3n) is 3.91. The second-order valence-corrected chi connectivity index (χ2v) is 5.46. The molecular formula is C14H15FN2O3. The second-order valence-electron chi connectivity index (χ2n) is 5.46. The van der Waals surface area contributed by atoms with E-state index in [1.54, 1.807) is 0 Å². The van der Waals surface area contributed by atoms with E-state index in [0.29, 0.717) is 11.3 Å². The van der Waals surface area contributed by atoms with E-state index in [4.69, 9.17) is 5.11 Å². The van der Waals surface area contributed by atoms with E-state index >= 15 is 0 Å². The van der Waals surface area contributed by atoms with Gasteiger partial charge in [0.25, 0.3) is 0 Å². The van der Waals surface area contributed by atoms with E-state index in [9.17, 15) is 14.0 Å². The number of nitrogens with one attached hydrogen (secondary N) is 2. The van der Waals surface area contributed by atoms with Crippen molar-refractivity contribution >= 4 is 17.5 Å². The molecule has 0 saturated heterocycles. The normalized spacial score (nSPS) is 22.1. The zero-order valence-electron chi connectivity index (χ0n) is 10.8. The van der Waals surface area contributed by atoms with Gasteiger partial charge in [0.1, 0.15) is 5.82 Å². The van der Waals surface area contributed by atoms with Gasteiger partial charge in [0, 0.05) is 12.1 Å². The monoisotopic (exact) mass is 278 g/mol. The topological polar surface area (TPSA) is 78.4 Å². The number of benzene rings is 1. The number of anilines is 1. The first-order valence-electron chi connectivity index (χ1n) is 6.55. The van der Waals surface area contributed by atoms with Gasteiger partial charge in [-0.25, -0.2) is 4.39 Å². The number of rotatable bonds is 4. The zero-order valence-corrected chi connectivity index (χ0v) is 10.8. The molecule has 3 N–H and O–H groups in total. The van der Waals surface area contributed by atoms with Crippen LogP contribution in [-0.4, -0.2) is 29.1 Å². The van der Waals surface area contributed by atoms with Crippen LogP contribution in [0.15, 0.2) is 18.2 Å². The molecule has 2 aliphatic rings. The predicted molar refractivity (Wildman–Crippen MR) is 69.6 cm³/mol. The number of hydrogen-bond donors (Lipinski definition) is 3. The highest BCUT2D eigenvalue weighted by atomic mass is 19.1. The Morgan fingerprint density at radius 1 is 1.50 bits per heavy atom. The highest BCUT2D eigenvalue weighted by Gasteiger charge is 2.44. The molecule has 106 valence electrons. The van der Waals surface area contributed by atoms with E-state index < -0.39 is 17.3 Å². The highest BCUT2D eigenvalue weighted by Crippen LogP contribution is 2.37. The lowest BCUT2D eigenvalue weighted by atomic mass is 9.96. The Balaban J connectivity index is 1.73. The van der Waals surface area contributed by atoms with Crippen LogP contribution in [0.3, 0.4) is 0 Å². The first-order valence-corrected chi connectivity index (χ1v) is 6.55. The molecule has 1 unspecified atom stereocenters. The molecule has 1 aliphatic heterocycles. The maximum absolute atomic E-state index is 13.3. The molecule has 3 rings (SSSR count). The average molecular weight is 278 g/mol. The van der Waals surface area contributed by atoms with Crippen LogP contribution in [-0.2, 0) is 9.59 Å². The Labute approximate surface area is 115 Å². The first-order chi connectivity index (χ1) is 9.53. The molecule has 2 amide bonds. The fourth-order valence-corrected chi connectivity index (χ4v) is 2.51. The Morgan fingerprint density at radius 3 is 2.90 bits per heavy atom. The number of amides is 2. The maximum atomic E-state index is 13.3. The summed E-state index contributed by atoms with van der Waals surface area (Å²) < 4.78 is 13.3. The number of hydrogen-bond acceptors (Lipinski definition) is 3. The zero-order chi connectivity index (χ0) is 14.3. The van der Waals surface area contributed by atoms with Gasteiger partial charge in [0.15, 0.2) is 0 Å². The molecule has 1 fully saturated rings. The number of fused-ring (bicyclic) bond motifs is 1. The highest BCUT2D eigenvalue weighted by molar-refractivity contribution is 6.04. The van der Waals surface area contributed by atoms with Gasteiger partial charge in [0.05, 0.1) is 18.1 Å². The van der Waals surface area contributed by atoms with Crippen LogP contribution in [0.5, 0.6) is 0 Å². The van der Waals surface area contributed by atoms with Gasteiger partial charge in [-0.3, -0.25) is 9.59 Å². The molecule has 0 bridgehead atoms. The van der Waals surface area contributed by atoms with Crippen LogP contribution in [0.4, 0.5) is 10.1 Å². The minimum Gasteiger partial charge on any atom is -0.394 e. The van der Waals surface area contributed by atoms with Gasteiger partial charge in [-0.15, -0.1) is 0 Å². The molecule has 1 aliphatic carbocycles. The molecule has 1 aromatic rings. The first kappa shape index (κ1) is 13.1. The van der Waals surface area contributed by atoms with Crippen LogP contribution in [0.25, 0.3) is 0 Å². The van der Waals surface area contributed by atoms with Crippen molar-refractivity contribution in [1.29, 1.82) is 0 Å². The molecular weight excluding hydrogens is 263 g/mol. The minimum atomic E-state index is -0.671. The molecule has 5 nitrogen and oxygen atoms in total. The van der Waals surface area contributed by atoms with Crippen molar-refractivity contribution in [2.75, 3.05) is 11.9 Å². The van der Waals surface area contributed by atoms with Crippen molar-refractivity contribution in [2.45, 2.75) is 30.7 Å². The molecule has 20 heavy (non-hydrogen) atoms. The van der Waals surface area contributed by atoms with E-state index in [1.165, 1.54) is 18.2 Å². The Hall–Kier alpha value is -1.95. The third-order valence-corrected chi connectivity index (χ3v) is 3.91. The second kappa shape index (κ2) is 4.56. The minimum absolute atomic E-state index is 0.0377. The Kier molecular flexibility index (Phi) is 2.97. The number of aliphatic hydroxyl groups excluding tert-OH is 1. The molecule has 0 spiro atoms. The van der Waals surface area contributed by atoms with Crippen molar-refractivity contribution < 1.29 is 19.1 Å². The largest absolute Gasteiger partial charge is 0.394 e. The summed E-state index contributed by atoms with van der Waals surface area (Å²) in [6.07, 6.45) is 1.46. The van der Waals surface area contributed by atoms with E-state index in [-0.39, 0.29) is 24.8 Å². The summed E-state index contributed by atoms with van der Waals surface area (Å²) in [4.78, 5) is 23.8. The molecule has 1 heterocycles. The standard InChI is InChI=1S/C14H15FN2O3/c15-8-1-2-11-9(5-8)10(13(20)16-11)6-12(19)17-14(7-18)3-4-14/h1-2,5,10,18H,3-4,6-7H2,(H,16,20)(H,17,19). The van der Waals surface area contributed by atoms with E-state index in [0.717, 1.165) is 12.8 Å². The van der Waals surface area contributed by atoms with Gasteiger partial charge in [-0.05, 0) is 36.6 Å². The molecule has 1 atom stereocenters. The Bertz CT molecular complexity index is 584. The maximum Gasteiger partial charge on any atom is 0.232 e. The number of aliphatic hydroxyl groups is 1.